The molecule has 8 heteroatoms. The van der Waals surface area contributed by atoms with Gasteiger partial charge in [-0.3, -0.25) is 9.67 Å². The summed E-state index contributed by atoms with van der Waals surface area (Å²) in [4.78, 5) is 8.85. The van der Waals surface area contributed by atoms with E-state index in [9.17, 15) is 13.9 Å². The Labute approximate surface area is 144 Å². The van der Waals surface area contributed by atoms with Gasteiger partial charge < -0.3 is 5.11 Å². The summed E-state index contributed by atoms with van der Waals surface area (Å²) in [5.41, 5.74) is 2.58. The van der Waals surface area contributed by atoms with Gasteiger partial charge in [-0.2, -0.15) is 5.10 Å². The van der Waals surface area contributed by atoms with Gasteiger partial charge in [0.2, 0.25) is 5.92 Å². The van der Waals surface area contributed by atoms with Gasteiger partial charge in [-0.25, -0.2) is 13.8 Å². The van der Waals surface area contributed by atoms with Crippen LogP contribution in [0.1, 0.15) is 12.8 Å². The molecule has 0 aliphatic heterocycles. The first kappa shape index (κ1) is 15.4. The first-order chi connectivity index (χ1) is 11.4. The van der Waals surface area contributed by atoms with Crippen molar-refractivity contribution in [2.45, 2.75) is 25.3 Å². The van der Waals surface area contributed by atoms with E-state index >= 15 is 0 Å². The normalized spacial score (nSPS) is 17.1. The molecule has 2 heterocycles. The van der Waals surface area contributed by atoms with Crippen molar-refractivity contribution in [3.05, 3.63) is 35.2 Å². The molecule has 0 amide bonds. The van der Waals surface area contributed by atoms with Gasteiger partial charge in [0, 0.05) is 31.1 Å². The molecule has 1 aliphatic rings. The number of halogens is 3. The lowest BCUT2D eigenvalue weighted by molar-refractivity contribution is -0.114. The molecule has 0 radical (unpaired) electrons. The van der Waals surface area contributed by atoms with E-state index in [2.05, 4.69) is 31.0 Å². The predicted octanol–water partition coefficient (Wildman–Crippen LogP) is 4.01. The number of hydrogen-bond donors (Lipinski definition) is 1. The van der Waals surface area contributed by atoms with E-state index in [-0.39, 0.29) is 24.5 Å². The second-order valence-corrected chi connectivity index (χ2v) is 6.90. The summed E-state index contributed by atoms with van der Waals surface area (Å²) < 4.78 is 28.0. The fraction of sp³-hybridized carbons (Fsp3) is 0.312. The smallest absolute Gasteiger partial charge is 0.248 e. The lowest BCUT2D eigenvalue weighted by Gasteiger charge is -2.34. The van der Waals surface area contributed by atoms with Crippen LogP contribution in [0.2, 0.25) is 0 Å². The number of rotatable bonds is 3. The third-order valence-corrected chi connectivity index (χ3v) is 4.96. The van der Waals surface area contributed by atoms with E-state index in [1.165, 1.54) is 0 Å². The molecule has 24 heavy (non-hydrogen) atoms. The first-order valence-electron chi connectivity index (χ1n) is 7.46. The van der Waals surface area contributed by atoms with Crippen molar-refractivity contribution in [1.29, 1.82) is 0 Å². The maximum absolute atomic E-state index is 12.9. The zero-order valence-corrected chi connectivity index (χ0v) is 14.0. The molecule has 0 bridgehead atoms. The van der Waals surface area contributed by atoms with Gasteiger partial charge in [0.1, 0.15) is 11.3 Å². The third-order valence-electron chi connectivity index (χ3n) is 4.18. The second-order valence-electron chi connectivity index (χ2n) is 6.10. The number of aromatic hydroxyl groups is 1. The van der Waals surface area contributed by atoms with Gasteiger partial charge in [0.25, 0.3) is 0 Å². The molecule has 4 rings (SSSR count). The third kappa shape index (κ3) is 2.75. The zero-order valence-electron chi connectivity index (χ0n) is 12.5. The topological polar surface area (TPSA) is 63.8 Å². The van der Waals surface area contributed by atoms with Crippen LogP contribution in [0.15, 0.2) is 35.2 Å². The molecule has 5 nitrogen and oxygen atoms in total. The minimum Gasteiger partial charge on any atom is -0.507 e. The Bertz CT molecular complexity index is 920. The number of nitrogens with zero attached hydrogens (tertiary/aromatic N) is 4. The molecular weight excluding hydrogens is 382 g/mol. The number of aromatic nitrogens is 4. The van der Waals surface area contributed by atoms with E-state index in [4.69, 9.17) is 0 Å². The number of phenols is 1. The Morgan fingerprint density at radius 2 is 2.08 bits per heavy atom. The van der Waals surface area contributed by atoms with Crippen LogP contribution in [0, 0.1) is 5.92 Å². The number of phenolic OH excluding ortho intramolecular Hbond substituents is 1. The number of benzene rings is 1. The highest BCUT2D eigenvalue weighted by atomic mass is 79.9. The summed E-state index contributed by atoms with van der Waals surface area (Å²) in [5, 5.41) is 14.0. The highest BCUT2D eigenvalue weighted by Crippen LogP contribution is 2.43. The minimum atomic E-state index is -2.52. The maximum atomic E-state index is 12.9. The van der Waals surface area contributed by atoms with Crippen molar-refractivity contribution in [3.8, 4) is 17.0 Å². The predicted molar refractivity (Wildman–Crippen MR) is 87.8 cm³/mol. The molecule has 3 aromatic rings. The summed E-state index contributed by atoms with van der Waals surface area (Å²) in [6.07, 6.45) is 4.89. The van der Waals surface area contributed by atoms with Crippen LogP contribution >= 0.6 is 15.9 Å². The molecule has 1 aliphatic carbocycles. The van der Waals surface area contributed by atoms with E-state index in [1.807, 2.05) is 0 Å². The molecule has 0 unspecified atom stereocenters. The lowest BCUT2D eigenvalue weighted by Crippen LogP contribution is -2.37. The molecule has 2 aromatic heterocycles. The molecule has 0 atom stereocenters. The highest BCUT2D eigenvalue weighted by molar-refractivity contribution is 9.10. The van der Waals surface area contributed by atoms with E-state index in [1.54, 1.807) is 35.4 Å². The van der Waals surface area contributed by atoms with E-state index < -0.39 is 5.92 Å². The standard InChI is InChI=1S/C16H13BrF2N4O/c17-14-13(24)2-1-11-15(14)22-12(6-20-11)10-5-21-23(8-10)7-9-3-16(18,19)4-9/h1-2,5-6,8-9,24H,3-4,7H2. The summed E-state index contributed by atoms with van der Waals surface area (Å²) in [5.74, 6) is -2.46. The largest absolute Gasteiger partial charge is 0.507 e. The van der Waals surface area contributed by atoms with Crippen molar-refractivity contribution in [3.63, 3.8) is 0 Å². The molecular formula is C16H13BrF2N4O. The fourth-order valence-electron chi connectivity index (χ4n) is 2.95. The van der Waals surface area contributed by atoms with Crippen LogP contribution in [0.3, 0.4) is 0 Å². The van der Waals surface area contributed by atoms with Crippen LogP contribution < -0.4 is 0 Å². The number of hydrogen-bond acceptors (Lipinski definition) is 4. The van der Waals surface area contributed by atoms with Crippen molar-refractivity contribution in [1.82, 2.24) is 19.7 Å². The van der Waals surface area contributed by atoms with Gasteiger partial charge in [-0.05, 0) is 34.0 Å². The maximum Gasteiger partial charge on any atom is 0.248 e. The molecule has 1 saturated carbocycles. The number of fused-ring (bicyclic) bond motifs is 1. The van der Waals surface area contributed by atoms with Crippen molar-refractivity contribution in [2.75, 3.05) is 0 Å². The van der Waals surface area contributed by atoms with Crippen LogP contribution in [0.4, 0.5) is 8.78 Å². The Morgan fingerprint density at radius 3 is 2.83 bits per heavy atom. The average molecular weight is 395 g/mol. The molecule has 1 N–H and O–H groups in total. The van der Waals surface area contributed by atoms with E-state index in [0.717, 1.165) is 5.56 Å². The number of alkyl halides is 2. The van der Waals surface area contributed by atoms with Crippen molar-refractivity contribution < 1.29 is 13.9 Å². The first-order valence-corrected chi connectivity index (χ1v) is 8.25. The summed E-state index contributed by atoms with van der Waals surface area (Å²) >= 11 is 3.31. The molecule has 1 aromatic carbocycles. The highest BCUT2D eigenvalue weighted by Gasteiger charge is 2.45. The average Bonchev–Trinajstić information content (AvgIpc) is 2.97. The van der Waals surface area contributed by atoms with Crippen molar-refractivity contribution >= 4 is 27.0 Å². The second kappa shape index (κ2) is 5.47. The minimum absolute atomic E-state index is 0.0403. The molecule has 0 saturated heterocycles. The fourth-order valence-corrected chi connectivity index (χ4v) is 3.37. The molecule has 1 fully saturated rings. The SMILES string of the molecule is Oc1ccc2ncc(-c3cnn(CC4CC(F)(F)C4)c3)nc2c1Br. The summed E-state index contributed by atoms with van der Waals surface area (Å²) in [6, 6.07) is 3.24. The Kier molecular flexibility index (Phi) is 3.52. The zero-order chi connectivity index (χ0) is 16.9. The monoisotopic (exact) mass is 394 g/mol. The van der Waals surface area contributed by atoms with Crippen LogP contribution in [0.5, 0.6) is 5.75 Å². The molecule has 124 valence electrons. The Balaban J connectivity index is 1.60. The Hall–Kier alpha value is -2.09. The van der Waals surface area contributed by atoms with Gasteiger partial charge in [0.05, 0.1) is 28.1 Å². The van der Waals surface area contributed by atoms with Crippen LogP contribution in [-0.4, -0.2) is 30.8 Å². The van der Waals surface area contributed by atoms with Gasteiger partial charge in [0.15, 0.2) is 0 Å². The summed E-state index contributed by atoms with van der Waals surface area (Å²) in [7, 11) is 0. The Morgan fingerprint density at radius 1 is 1.29 bits per heavy atom. The van der Waals surface area contributed by atoms with Gasteiger partial charge in [-0.15, -0.1) is 0 Å². The van der Waals surface area contributed by atoms with Gasteiger partial charge in [-0.1, -0.05) is 0 Å². The lowest BCUT2D eigenvalue weighted by atomic mass is 9.81. The van der Waals surface area contributed by atoms with Gasteiger partial charge >= 0.3 is 0 Å². The van der Waals surface area contributed by atoms with Crippen LogP contribution in [-0.2, 0) is 6.54 Å². The van der Waals surface area contributed by atoms with E-state index in [0.29, 0.717) is 27.7 Å². The molecule has 0 spiro atoms. The van der Waals surface area contributed by atoms with Crippen molar-refractivity contribution in [2.24, 2.45) is 5.92 Å². The van der Waals surface area contributed by atoms with Crippen LogP contribution in [0.25, 0.3) is 22.3 Å². The summed E-state index contributed by atoms with van der Waals surface area (Å²) in [6.45, 7) is 0.473. The quantitative estimate of drug-likeness (QED) is 0.728.